The number of rotatable bonds is 5. The third-order valence-electron chi connectivity index (χ3n) is 5.36. The molecule has 0 atom stereocenters. The number of fused-ring (bicyclic) bond motifs is 1. The van der Waals surface area contributed by atoms with E-state index in [4.69, 9.17) is 4.74 Å². The van der Waals surface area contributed by atoms with Crippen LogP contribution >= 0.6 is 27.3 Å². The Morgan fingerprint density at radius 3 is 2.44 bits per heavy atom. The highest BCUT2D eigenvalue weighted by atomic mass is 79.9. The fourth-order valence-electron chi connectivity index (χ4n) is 3.76. The van der Waals surface area contributed by atoms with Crippen molar-refractivity contribution in [1.82, 2.24) is 15.1 Å². The van der Waals surface area contributed by atoms with E-state index in [9.17, 15) is 10.1 Å². The van der Waals surface area contributed by atoms with Gasteiger partial charge in [0, 0.05) is 24.2 Å². The first kappa shape index (κ1) is 22.4. The topological polar surface area (TPSA) is 79.1 Å². The fraction of sp³-hybridized carbons (Fsp3) is 0.333. The average molecular weight is 511 g/mol. The predicted octanol–water partition coefficient (Wildman–Crippen LogP) is 4.85. The molecule has 0 spiro atoms. The molecule has 0 bridgehead atoms. The normalized spacial score (nSPS) is 13.4. The summed E-state index contributed by atoms with van der Waals surface area (Å²) in [5.41, 5.74) is 4.89. The molecule has 4 rings (SSSR count). The van der Waals surface area contributed by atoms with Crippen molar-refractivity contribution in [3.05, 3.63) is 53.1 Å². The van der Waals surface area contributed by atoms with Crippen LogP contribution in [0, 0.1) is 11.3 Å². The second-order valence-corrected chi connectivity index (χ2v) is 9.44. The van der Waals surface area contributed by atoms with Crippen molar-refractivity contribution in [1.29, 1.82) is 5.26 Å². The molecule has 2 heterocycles. The molecule has 0 radical (unpaired) electrons. The number of nitriles is 1. The lowest BCUT2D eigenvalue weighted by atomic mass is 10.0. The first-order chi connectivity index (χ1) is 15.5. The Hall–Kier alpha value is -2.76. The Morgan fingerprint density at radius 1 is 1.12 bits per heavy atom. The van der Waals surface area contributed by atoms with Gasteiger partial charge in [0.1, 0.15) is 21.8 Å². The van der Waals surface area contributed by atoms with Crippen molar-refractivity contribution in [3.8, 4) is 33.0 Å². The van der Waals surface area contributed by atoms with Gasteiger partial charge >= 0.3 is 0 Å². The molecule has 0 aliphatic carbocycles. The molecule has 0 unspecified atom stereocenters. The lowest BCUT2D eigenvalue weighted by molar-refractivity contribution is -0.128. The fourth-order valence-corrected chi connectivity index (χ4v) is 4.95. The molecule has 0 saturated heterocycles. The molecule has 0 fully saturated rings. The number of carbonyl (C=O) groups is 1. The minimum Gasteiger partial charge on any atom is -0.490 e. The second-order valence-electron chi connectivity index (χ2n) is 7.90. The van der Waals surface area contributed by atoms with Gasteiger partial charge in [-0.05, 0) is 62.1 Å². The maximum absolute atomic E-state index is 12.1. The van der Waals surface area contributed by atoms with Crippen LogP contribution in [0.25, 0.3) is 21.1 Å². The van der Waals surface area contributed by atoms with E-state index < -0.39 is 0 Å². The minimum atomic E-state index is -0.000960. The van der Waals surface area contributed by atoms with Gasteiger partial charge < -0.3 is 9.64 Å². The third-order valence-corrected chi connectivity index (χ3v) is 6.86. The number of alkyl halides is 1. The first-order valence-electron chi connectivity index (χ1n) is 10.5. The number of nitrogens with zero attached hydrogens (tertiary/aromatic N) is 4. The van der Waals surface area contributed by atoms with Crippen LogP contribution in [-0.2, 0) is 17.6 Å². The van der Waals surface area contributed by atoms with Crippen LogP contribution in [0.1, 0.15) is 30.5 Å². The number of hydrogen-bond donors (Lipinski definition) is 0. The molecule has 0 N–H and O–H groups in total. The van der Waals surface area contributed by atoms with E-state index in [-0.39, 0.29) is 12.0 Å². The van der Waals surface area contributed by atoms with Crippen LogP contribution in [-0.4, -0.2) is 45.5 Å². The number of benzene rings is 2. The standard InChI is InChI=1S/C24H23BrN4O2S/c1-15(2)31-21-6-5-19(12-20(21)14-26)24-28-27-23(32-24)18-4-3-16-7-9-29(22(30)13-25)10-8-17(16)11-18/h3-6,11-12,15H,7-10,13H2,1-2H3. The Kier molecular flexibility index (Phi) is 6.87. The van der Waals surface area contributed by atoms with Crippen molar-refractivity contribution in [2.75, 3.05) is 18.4 Å². The van der Waals surface area contributed by atoms with Gasteiger partial charge in [-0.25, -0.2) is 0 Å². The monoisotopic (exact) mass is 510 g/mol. The Labute approximate surface area is 200 Å². The van der Waals surface area contributed by atoms with Gasteiger partial charge in [0.05, 0.1) is 17.0 Å². The van der Waals surface area contributed by atoms with E-state index in [1.807, 2.05) is 30.9 Å². The molecule has 3 aromatic rings. The molecule has 1 aromatic heterocycles. The molecule has 32 heavy (non-hydrogen) atoms. The minimum absolute atomic E-state index is 0.000960. The predicted molar refractivity (Wildman–Crippen MR) is 129 cm³/mol. The van der Waals surface area contributed by atoms with Crippen molar-refractivity contribution >= 4 is 33.2 Å². The summed E-state index contributed by atoms with van der Waals surface area (Å²) in [5, 5.41) is 20.2. The van der Waals surface area contributed by atoms with E-state index in [0.717, 1.165) is 47.1 Å². The third kappa shape index (κ3) is 4.84. The number of aromatic nitrogens is 2. The smallest absolute Gasteiger partial charge is 0.233 e. The first-order valence-corrected chi connectivity index (χ1v) is 12.4. The molecule has 8 heteroatoms. The molecule has 0 saturated carbocycles. The SMILES string of the molecule is CC(C)Oc1ccc(-c2nnc(-c3ccc4c(c3)CCN(C(=O)CBr)CC4)s2)cc1C#N. The summed E-state index contributed by atoms with van der Waals surface area (Å²) in [6.45, 7) is 5.34. The van der Waals surface area contributed by atoms with Crippen molar-refractivity contribution in [2.45, 2.75) is 32.8 Å². The van der Waals surface area contributed by atoms with Crippen molar-refractivity contribution < 1.29 is 9.53 Å². The van der Waals surface area contributed by atoms with Gasteiger partial charge in [-0.3, -0.25) is 4.79 Å². The Morgan fingerprint density at radius 2 is 1.78 bits per heavy atom. The quantitative estimate of drug-likeness (QED) is 0.458. The zero-order chi connectivity index (χ0) is 22.7. The number of amides is 1. The maximum Gasteiger partial charge on any atom is 0.233 e. The maximum atomic E-state index is 12.1. The van der Waals surface area contributed by atoms with Gasteiger partial charge in [0.25, 0.3) is 0 Å². The van der Waals surface area contributed by atoms with Gasteiger partial charge in [-0.2, -0.15) is 5.26 Å². The molecule has 6 nitrogen and oxygen atoms in total. The average Bonchev–Trinajstić information content (AvgIpc) is 3.19. The molecule has 1 aliphatic rings. The number of carbonyl (C=O) groups excluding carboxylic acids is 1. The van der Waals surface area contributed by atoms with Gasteiger partial charge in [-0.15, -0.1) is 10.2 Å². The summed E-state index contributed by atoms with van der Waals surface area (Å²) in [6, 6.07) is 14.1. The van der Waals surface area contributed by atoms with E-state index in [0.29, 0.717) is 16.6 Å². The van der Waals surface area contributed by atoms with Crippen LogP contribution in [0.5, 0.6) is 5.75 Å². The Bertz CT molecular complexity index is 1180. The molecular formula is C24H23BrN4O2S. The summed E-state index contributed by atoms with van der Waals surface area (Å²) in [7, 11) is 0. The molecule has 164 valence electrons. The number of ether oxygens (including phenoxy) is 1. The van der Waals surface area contributed by atoms with Crippen LogP contribution in [0.15, 0.2) is 36.4 Å². The van der Waals surface area contributed by atoms with Crippen LogP contribution in [0.4, 0.5) is 0 Å². The highest BCUT2D eigenvalue weighted by Crippen LogP contribution is 2.33. The van der Waals surface area contributed by atoms with Gasteiger partial charge in [0.2, 0.25) is 5.91 Å². The van der Waals surface area contributed by atoms with E-state index in [2.05, 4.69) is 50.4 Å². The number of hydrogen-bond acceptors (Lipinski definition) is 6. The Balaban J connectivity index is 1.57. The summed E-state index contributed by atoms with van der Waals surface area (Å²) < 4.78 is 5.71. The van der Waals surface area contributed by atoms with Crippen LogP contribution < -0.4 is 4.74 Å². The van der Waals surface area contributed by atoms with Crippen molar-refractivity contribution in [2.24, 2.45) is 0 Å². The molecular weight excluding hydrogens is 488 g/mol. The zero-order valence-corrected chi connectivity index (χ0v) is 20.4. The van der Waals surface area contributed by atoms with E-state index in [1.165, 1.54) is 22.5 Å². The summed E-state index contributed by atoms with van der Waals surface area (Å²) >= 11 is 4.77. The summed E-state index contributed by atoms with van der Waals surface area (Å²) in [5.74, 6) is 0.711. The summed E-state index contributed by atoms with van der Waals surface area (Å²) in [6.07, 6.45) is 1.69. The molecule has 2 aromatic carbocycles. The lowest BCUT2D eigenvalue weighted by Gasteiger charge is -2.18. The van der Waals surface area contributed by atoms with Crippen LogP contribution in [0.2, 0.25) is 0 Å². The molecule has 1 aliphatic heterocycles. The number of halogens is 1. The second kappa shape index (κ2) is 9.80. The molecule has 1 amide bonds. The van der Waals surface area contributed by atoms with E-state index >= 15 is 0 Å². The highest BCUT2D eigenvalue weighted by Gasteiger charge is 2.19. The van der Waals surface area contributed by atoms with Crippen LogP contribution in [0.3, 0.4) is 0 Å². The zero-order valence-electron chi connectivity index (χ0n) is 18.0. The largest absolute Gasteiger partial charge is 0.490 e. The van der Waals surface area contributed by atoms with Gasteiger partial charge in [-0.1, -0.05) is 39.4 Å². The van der Waals surface area contributed by atoms with Crippen molar-refractivity contribution in [3.63, 3.8) is 0 Å². The van der Waals surface area contributed by atoms with E-state index in [1.54, 1.807) is 6.07 Å². The highest BCUT2D eigenvalue weighted by molar-refractivity contribution is 9.09. The summed E-state index contributed by atoms with van der Waals surface area (Å²) in [4.78, 5) is 14.0. The lowest BCUT2D eigenvalue weighted by Crippen LogP contribution is -2.33. The van der Waals surface area contributed by atoms with Gasteiger partial charge in [0.15, 0.2) is 0 Å².